The van der Waals surface area contributed by atoms with Crippen molar-refractivity contribution in [3.05, 3.63) is 71.3 Å². The molecule has 0 bridgehead atoms. The average molecular weight is 322 g/mol. The number of ether oxygens (including phenoxy) is 1. The van der Waals surface area contributed by atoms with Crippen LogP contribution in [0.3, 0.4) is 0 Å². The minimum absolute atomic E-state index is 0.221. The highest BCUT2D eigenvalue weighted by Gasteiger charge is 2.19. The summed E-state index contributed by atoms with van der Waals surface area (Å²) in [4.78, 5) is 13.9. The number of rotatable bonds is 7. The number of nitrogens with zero attached hydrogens (tertiary/aromatic N) is 2. The van der Waals surface area contributed by atoms with Crippen LogP contribution < -0.4 is 0 Å². The number of carbonyl (C=O) groups excluding carboxylic acids is 1. The van der Waals surface area contributed by atoms with Crippen molar-refractivity contribution < 1.29 is 9.53 Å². The first-order valence-corrected chi connectivity index (χ1v) is 7.96. The second kappa shape index (κ2) is 8.85. The Balaban J connectivity index is 2.18. The molecule has 0 heterocycles. The Morgan fingerprint density at radius 2 is 1.79 bits per heavy atom. The first-order valence-electron chi connectivity index (χ1n) is 7.96. The van der Waals surface area contributed by atoms with E-state index in [1.165, 1.54) is 12.7 Å². The van der Waals surface area contributed by atoms with Crippen molar-refractivity contribution in [2.24, 2.45) is 5.92 Å². The highest BCUT2D eigenvalue weighted by atomic mass is 16.5. The molecule has 0 aromatic heterocycles. The van der Waals surface area contributed by atoms with Crippen molar-refractivity contribution in [3.63, 3.8) is 0 Å². The largest absolute Gasteiger partial charge is 0.469 e. The van der Waals surface area contributed by atoms with E-state index in [0.717, 1.165) is 5.56 Å². The lowest BCUT2D eigenvalue weighted by atomic mass is 10.1. The molecule has 0 aliphatic heterocycles. The van der Waals surface area contributed by atoms with Gasteiger partial charge in [0.1, 0.15) is 0 Å². The van der Waals surface area contributed by atoms with E-state index in [1.54, 1.807) is 0 Å². The van der Waals surface area contributed by atoms with Crippen LogP contribution in [0.5, 0.6) is 0 Å². The number of esters is 1. The lowest BCUT2D eigenvalue weighted by Gasteiger charge is -2.25. The van der Waals surface area contributed by atoms with E-state index in [0.29, 0.717) is 25.2 Å². The van der Waals surface area contributed by atoms with Gasteiger partial charge in [-0.1, -0.05) is 55.5 Å². The minimum Gasteiger partial charge on any atom is -0.469 e. The Labute approximate surface area is 143 Å². The molecule has 2 aromatic carbocycles. The van der Waals surface area contributed by atoms with Gasteiger partial charge in [0, 0.05) is 19.6 Å². The molecule has 0 saturated heterocycles. The summed E-state index contributed by atoms with van der Waals surface area (Å²) < 4.78 is 4.84. The smallest absolute Gasteiger partial charge is 0.309 e. The summed E-state index contributed by atoms with van der Waals surface area (Å²) in [6.45, 7) is 3.75. The molecular weight excluding hydrogens is 300 g/mol. The van der Waals surface area contributed by atoms with E-state index in [-0.39, 0.29) is 11.9 Å². The molecule has 1 unspecified atom stereocenters. The Morgan fingerprint density at radius 3 is 2.46 bits per heavy atom. The van der Waals surface area contributed by atoms with E-state index < -0.39 is 0 Å². The van der Waals surface area contributed by atoms with Crippen molar-refractivity contribution in [2.75, 3.05) is 13.7 Å². The summed E-state index contributed by atoms with van der Waals surface area (Å²) in [6.07, 6.45) is 0. The number of hydrogen-bond acceptors (Lipinski definition) is 4. The predicted octanol–water partition coefficient (Wildman–Crippen LogP) is 3.37. The Bertz CT molecular complexity index is 707. The van der Waals surface area contributed by atoms with Gasteiger partial charge in [-0.3, -0.25) is 9.69 Å². The monoisotopic (exact) mass is 322 g/mol. The van der Waals surface area contributed by atoms with Crippen LogP contribution in [0.4, 0.5) is 0 Å². The van der Waals surface area contributed by atoms with Crippen LogP contribution >= 0.6 is 0 Å². The highest BCUT2D eigenvalue weighted by Crippen LogP contribution is 2.15. The van der Waals surface area contributed by atoms with E-state index in [4.69, 9.17) is 4.74 Å². The van der Waals surface area contributed by atoms with Crippen LogP contribution in [0, 0.1) is 17.2 Å². The van der Waals surface area contributed by atoms with E-state index >= 15 is 0 Å². The third kappa shape index (κ3) is 4.94. The van der Waals surface area contributed by atoms with Crippen LogP contribution in [0.15, 0.2) is 54.6 Å². The molecule has 2 aromatic rings. The first kappa shape index (κ1) is 17.7. The molecule has 0 aliphatic carbocycles. The predicted molar refractivity (Wildman–Crippen MR) is 92.9 cm³/mol. The second-order valence-electron chi connectivity index (χ2n) is 5.85. The zero-order chi connectivity index (χ0) is 17.4. The summed E-state index contributed by atoms with van der Waals surface area (Å²) >= 11 is 0. The standard InChI is InChI=1S/C20H22N2O2/c1-16(20(23)24-2)13-22(14-17-8-4-3-5-9-17)15-19-11-7-6-10-18(19)12-21/h3-11,16H,13-15H2,1-2H3. The summed E-state index contributed by atoms with van der Waals surface area (Å²) in [7, 11) is 1.41. The number of benzene rings is 2. The molecule has 1 atom stereocenters. The molecule has 4 heteroatoms. The van der Waals surface area contributed by atoms with Crippen molar-refractivity contribution in [3.8, 4) is 6.07 Å². The fraction of sp³-hybridized carbons (Fsp3) is 0.300. The summed E-state index contributed by atoms with van der Waals surface area (Å²) in [5, 5.41) is 9.29. The molecule has 4 nitrogen and oxygen atoms in total. The molecule has 0 N–H and O–H groups in total. The Kier molecular flexibility index (Phi) is 6.53. The second-order valence-corrected chi connectivity index (χ2v) is 5.85. The molecule has 0 saturated carbocycles. The van der Waals surface area contributed by atoms with Gasteiger partial charge in [0.2, 0.25) is 0 Å². The van der Waals surface area contributed by atoms with Gasteiger partial charge in [-0.05, 0) is 17.2 Å². The van der Waals surface area contributed by atoms with Gasteiger partial charge >= 0.3 is 5.97 Å². The third-order valence-electron chi connectivity index (χ3n) is 3.92. The molecule has 0 amide bonds. The Morgan fingerprint density at radius 1 is 1.12 bits per heavy atom. The SMILES string of the molecule is COC(=O)C(C)CN(Cc1ccccc1)Cc1ccccc1C#N. The molecule has 2 rings (SSSR count). The molecular formula is C20H22N2O2. The van der Waals surface area contributed by atoms with Gasteiger partial charge in [-0.15, -0.1) is 0 Å². The maximum Gasteiger partial charge on any atom is 0.309 e. The van der Waals surface area contributed by atoms with Crippen molar-refractivity contribution in [1.82, 2.24) is 4.90 Å². The van der Waals surface area contributed by atoms with Crippen LogP contribution in [-0.2, 0) is 22.6 Å². The number of hydrogen-bond donors (Lipinski definition) is 0. The topological polar surface area (TPSA) is 53.3 Å². The van der Waals surface area contributed by atoms with E-state index in [1.807, 2.05) is 49.4 Å². The summed E-state index contributed by atoms with van der Waals surface area (Å²) in [6, 6.07) is 19.9. The van der Waals surface area contributed by atoms with Crippen LogP contribution in [0.2, 0.25) is 0 Å². The Hall–Kier alpha value is -2.64. The van der Waals surface area contributed by atoms with Crippen molar-refractivity contribution in [2.45, 2.75) is 20.0 Å². The van der Waals surface area contributed by atoms with Gasteiger partial charge in [-0.25, -0.2) is 0 Å². The molecule has 124 valence electrons. The van der Waals surface area contributed by atoms with Gasteiger partial charge in [0.25, 0.3) is 0 Å². The van der Waals surface area contributed by atoms with Gasteiger partial charge in [0.05, 0.1) is 24.7 Å². The normalized spacial score (nSPS) is 11.8. The molecule has 24 heavy (non-hydrogen) atoms. The lowest BCUT2D eigenvalue weighted by molar-refractivity contribution is -0.145. The summed E-state index contributed by atoms with van der Waals surface area (Å²) in [5.74, 6) is -0.449. The number of methoxy groups -OCH3 is 1. The fourth-order valence-corrected chi connectivity index (χ4v) is 2.70. The lowest BCUT2D eigenvalue weighted by Crippen LogP contribution is -2.32. The van der Waals surface area contributed by atoms with Gasteiger partial charge in [0.15, 0.2) is 0 Å². The molecule has 0 aliphatic rings. The number of carbonyl (C=O) groups is 1. The highest BCUT2D eigenvalue weighted by molar-refractivity contribution is 5.72. The van der Waals surface area contributed by atoms with Crippen molar-refractivity contribution in [1.29, 1.82) is 5.26 Å². The van der Waals surface area contributed by atoms with Crippen LogP contribution in [0.1, 0.15) is 23.6 Å². The molecule has 0 radical (unpaired) electrons. The minimum atomic E-state index is -0.229. The first-order chi connectivity index (χ1) is 11.6. The van der Waals surface area contributed by atoms with Crippen molar-refractivity contribution >= 4 is 5.97 Å². The molecule has 0 fully saturated rings. The third-order valence-corrected chi connectivity index (χ3v) is 3.92. The zero-order valence-electron chi connectivity index (χ0n) is 14.1. The maximum absolute atomic E-state index is 11.8. The molecule has 0 spiro atoms. The van der Waals surface area contributed by atoms with Gasteiger partial charge in [-0.2, -0.15) is 5.26 Å². The number of nitriles is 1. The summed E-state index contributed by atoms with van der Waals surface area (Å²) in [5.41, 5.74) is 2.80. The van der Waals surface area contributed by atoms with Crippen LogP contribution in [-0.4, -0.2) is 24.5 Å². The van der Waals surface area contributed by atoms with E-state index in [9.17, 15) is 10.1 Å². The van der Waals surface area contributed by atoms with Crippen LogP contribution in [0.25, 0.3) is 0 Å². The quantitative estimate of drug-likeness (QED) is 0.733. The zero-order valence-corrected chi connectivity index (χ0v) is 14.1. The maximum atomic E-state index is 11.8. The fourth-order valence-electron chi connectivity index (χ4n) is 2.70. The van der Waals surface area contributed by atoms with E-state index in [2.05, 4.69) is 23.1 Å². The van der Waals surface area contributed by atoms with Gasteiger partial charge < -0.3 is 4.74 Å². The average Bonchev–Trinajstić information content (AvgIpc) is 2.62.